The minimum Gasteiger partial charge on any atom is -0.385 e. The van der Waals surface area contributed by atoms with E-state index in [-0.39, 0.29) is 5.82 Å². The molecule has 34 heavy (non-hydrogen) atoms. The van der Waals surface area contributed by atoms with Crippen LogP contribution >= 0.6 is 0 Å². The number of nitrogens with zero attached hydrogens (tertiary/aromatic N) is 3. The highest BCUT2D eigenvalue weighted by molar-refractivity contribution is 6.00. The van der Waals surface area contributed by atoms with E-state index >= 15 is 0 Å². The van der Waals surface area contributed by atoms with Gasteiger partial charge in [0, 0.05) is 57.8 Å². The smallest absolute Gasteiger partial charge is 0.159 e. The summed E-state index contributed by atoms with van der Waals surface area (Å²) >= 11 is 0. The first-order valence-electron chi connectivity index (χ1n) is 11.3. The van der Waals surface area contributed by atoms with Crippen LogP contribution in [0.3, 0.4) is 0 Å². The molecule has 0 saturated heterocycles. The highest BCUT2D eigenvalue weighted by atomic mass is 19.1. The van der Waals surface area contributed by atoms with E-state index < -0.39 is 0 Å². The van der Waals surface area contributed by atoms with E-state index in [9.17, 15) is 4.39 Å². The quantitative estimate of drug-likeness (QED) is 0.261. The number of H-pyrrole nitrogens is 1. The van der Waals surface area contributed by atoms with Crippen molar-refractivity contribution in [3.8, 4) is 22.4 Å². The summed E-state index contributed by atoms with van der Waals surface area (Å²) in [4.78, 5) is 17.3. The average molecular weight is 465 g/mol. The fourth-order valence-corrected chi connectivity index (χ4v) is 3.71. The molecular weight excluding hydrogens is 435 g/mol. The van der Waals surface area contributed by atoms with Gasteiger partial charge in [0.25, 0.3) is 0 Å². The Bertz CT molecular complexity index is 1210. The van der Waals surface area contributed by atoms with Crippen LogP contribution in [0.1, 0.15) is 12.8 Å². The van der Waals surface area contributed by atoms with E-state index in [1.54, 1.807) is 38.7 Å². The predicted molar refractivity (Wildman–Crippen MR) is 132 cm³/mol. The van der Waals surface area contributed by atoms with Gasteiger partial charge in [-0.2, -0.15) is 0 Å². The number of hydrogen-bond donors (Lipinski definition) is 3. The van der Waals surface area contributed by atoms with Crippen molar-refractivity contribution in [2.75, 3.05) is 51.2 Å². The number of rotatable bonds is 12. The molecule has 9 heteroatoms. The van der Waals surface area contributed by atoms with Crippen molar-refractivity contribution >= 4 is 22.8 Å². The summed E-state index contributed by atoms with van der Waals surface area (Å²) in [6.45, 7) is 2.84. The summed E-state index contributed by atoms with van der Waals surface area (Å²) in [6.07, 6.45) is 5.22. The van der Waals surface area contributed by atoms with Crippen LogP contribution < -0.4 is 10.6 Å². The minimum atomic E-state index is -0.287. The van der Waals surface area contributed by atoms with Crippen LogP contribution in [0.15, 0.2) is 48.8 Å². The third-order valence-corrected chi connectivity index (χ3v) is 5.35. The van der Waals surface area contributed by atoms with Crippen LogP contribution in [0.2, 0.25) is 0 Å². The molecule has 3 heterocycles. The number of pyridine rings is 1. The fraction of sp³-hybridized carbons (Fsp3) is 0.320. The molecule has 0 fully saturated rings. The summed E-state index contributed by atoms with van der Waals surface area (Å²) in [5.74, 6) is 1.15. The first-order chi connectivity index (χ1) is 16.7. The van der Waals surface area contributed by atoms with E-state index in [1.165, 1.54) is 12.1 Å². The van der Waals surface area contributed by atoms with Crippen molar-refractivity contribution in [2.24, 2.45) is 0 Å². The molecule has 4 aromatic rings. The van der Waals surface area contributed by atoms with Gasteiger partial charge in [-0.15, -0.1) is 0 Å². The third kappa shape index (κ3) is 5.67. The van der Waals surface area contributed by atoms with E-state index in [2.05, 4.69) is 20.6 Å². The van der Waals surface area contributed by atoms with Crippen molar-refractivity contribution in [2.45, 2.75) is 12.8 Å². The molecular formula is C25H29FN6O2. The molecule has 0 amide bonds. The molecule has 0 aliphatic heterocycles. The maximum Gasteiger partial charge on any atom is 0.159 e. The molecule has 178 valence electrons. The Labute approximate surface area is 198 Å². The average Bonchev–Trinajstić information content (AvgIpc) is 3.24. The van der Waals surface area contributed by atoms with Crippen molar-refractivity contribution in [3.63, 3.8) is 0 Å². The lowest BCUT2D eigenvalue weighted by atomic mass is 10.0. The molecule has 0 spiro atoms. The lowest BCUT2D eigenvalue weighted by molar-refractivity contribution is 0.197. The maximum absolute atomic E-state index is 13.6. The number of ether oxygens (including phenoxy) is 2. The van der Waals surface area contributed by atoms with E-state index in [4.69, 9.17) is 19.4 Å². The standard InChI is InChI=1S/C25H29FN6O2/c1-33-13-3-10-27-20-15-18(9-12-29-20)23-22(17-5-7-19(26)8-6-17)24-25(32-23)31-21(16-30-24)28-11-4-14-34-2/h5-9,12,15-16H,3-4,10-11,13-14H2,1-2H3,(H,27,29)(H2,28,31,32). The number of aromatic nitrogens is 4. The molecule has 4 rings (SSSR count). The lowest BCUT2D eigenvalue weighted by Gasteiger charge is -2.09. The normalized spacial score (nSPS) is 11.1. The van der Waals surface area contributed by atoms with Crippen LogP contribution in [0.25, 0.3) is 33.5 Å². The number of fused-ring (bicyclic) bond motifs is 1. The highest BCUT2D eigenvalue weighted by Crippen LogP contribution is 2.37. The first-order valence-corrected chi connectivity index (χ1v) is 11.3. The molecule has 0 bridgehead atoms. The van der Waals surface area contributed by atoms with Gasteiger partial charge in [0.1, 0.15) is 23.0 Å². The summed E-state index contributed by atoms with van der Waals surface area (Å²) in [7, 11) is 3.37. The topological polar surface area (TPSA) is 97.0 Å². The number of aromatic amines is 1. The third-order valence-electron chi connectivity index (χ3n) is 5.35. The first kappa shape index (κ1) is 23.6. The van der Waals surface area contributed by atoms with E-state index in [0.717, 1.165) is 59.7 Å². The van der Waals surface area contributed by atoms with Crippen LogP contribution in [0.5, 0.6) is 0 Å². The second kappa shape index (κ2) is 11.5. The number of anilines is 2. The van der Waals surface area contributed by atoms with Gasteiger partial charge in [-0.1, -0.05) is 12.1 Å². The Kier molecular flexibility index (Phi) is 8.00. The number of benzene rings is 1. The van der Waals surface area contributed by atoms with Crippen LogP contribution in [0.4, 0.5) is 16.0 Å². The molecule has 8 nitrogen and oxygen atoms in total. The van der Waals surface area contributed by atoms with Crippen LogP contribution in [-0.2, 0) is 9.47 Å². The lowest BCUT2D eigenvalue weighted by Crippen LogP contribution is -2.06. The Balaban J connectivity index is 1.71. The fourth-order valence-electron chi connectivity index (χ4n) is 3.71. The molecule has 0 radical (unpaired) electrons. The Morgan fingerprint density at radius 3 is 2.29 bits per heavy atom. The van der Waals surface area contributed by atoms with Gasteiger partial charge in [0.2, 0.25) is 0 Å². The zero-order valence-corrected chi connectivity index (χ0v) is 19.4. The van der Waals surface area contributed by atoms with Gasteiger partial charge in [0.15, 0.2) is 5.65 Å². The van der Waals surface area contributed by atoms with Crippen molar-refractivity contribution in [1.82, 2.24) is 19.9 Å². The SMILES string of the molecule is COCCCNc1cc(-c2[nH]c3nc(NCCCOC)cnc3c2-c2ccc(F)cc2)ccn1. The zero-order chi connectivity index (χ0) is 23.8. The van der Waals surface area contributed by atoms with Gasteiger partial charge in [-0.25, -0.2) is 19.3 Å². The Morgan fingerprint density at radius 1 is 0.882 bits per heavy atom. The Hall–Kier alpha value is -3.56. The largest absolute Gasteiger partial charge is 0.385 e. The minimum absolute atomic E-state index is 0.287. The predicted octanol–water partition coefficient (Wildman–Crippen LogP) is 4.72. The second-order valence-corrected chi connectivity index (χ2v) is 7.81. The molecule has 0 atom stereocenters. The van der Waals surface area contributed by atoms with Crippen molar-refractivity contribution < 1.29 is 13.9 Å². The molecule has 3 aromatic heterocycles. The number of halogens is 1. The second-order valence-electron chi connectivity index (χ2n) is 7.81. The molecule has 0 aliphatic carbocycles. The van der Waals surface area contributed by atoms with Gasteiger partial charge in [-0.3, -0.25) is 0 Å². The summed E-state index contributed by atoms with van der Waals surface area (Å²) in [5.41, 5.74) is 4.86. The molecule has 1 aromatic carbocycles. The maximum atomic E-state index is 13.6. The monoisotopic (exact) mass is 464 g/mol. The van der Waals surface area contributed by atoms with Gasteiger partial charge in [0.05, 0.1) is 11.9 Å². The van der Waals surface area contributed by atoms with E-state index in [1.807, 2.05) is 12.1 Å². The number of methoxy groups -OCH3 is 2. The van der Waals surface area contributed by atoms with Crippen LogP contribution in [-0.4, -0.2) is 60.5 Å². The molecule has 3 N–H and O–H groups in total. The van der Waals surface area contributed by atoms with Crippen molar-refractivity contribution in [3.05, 3.63) is 54.6 Å². The Morgan fingerprint density at radius 2 is 1.59 bits per heavy atom. The molecule has 0 aliphatic rings. The van der Waals surface area contributed by atoms with Crippen molar-refractivity contribution in [1.29, 1.82) is 0 Å². The van der Waals surface area contributed by atoms with E-state index in [0.29, 0.717) is 24.7 Å². The van der Waals surface area contributed by atoms with Gasteiger partial charge < -0.3 is 25.1 Å². The number of nitrogens with one attached hydrogen (secondary N) is 3. The summed E-state index contributed by atoms with van der Waals surface area (Å²) in [5, 5.41) is 6.60. The summed E-state index contributed by atoms with van der Waals surface area (Å²) in [6, 6.07) is 10.3. The molecule has 0 unspecified atom stereocenters. The van der Waals surface area contributed by atoms with Crippen LogP contribution in [0, 0.1) is 5.82 Å². The summed E-state index contributed by atoms with van der Waals surface area (Å²) < 4.78 is 23.8. The zero-order valence-electron chi connectivity index (χ0n) is 19.4. The van der Waals surface area contributed by atoms with Gasteiger partial charge >= 0.3 is 0 Å². The highest BCUT2D eigenvalue weighted by Gasteiger charge is 2.18. The number of hydrogen-bond acceptors (Lipinski definition) is 7. The van der Waals surface area contributed by atoms with Gasteiger partial charge in [-0.05, 0) is 42.7 Å². The molecule has 0 saturated carbocycles.